The summed E-state index contributed by atoms with van der Waals surface area (Å²) >= 11 is 0. The topological polar surface area (TPSA) is 63.0 Å². The molecule has 2 aromatic carbocycles. The Morgan fingerprint density at radius 3 is 2.57 bits per heavy atom. The second-order valence-electron chi connectivity index (χ2n) is 4.91. The van der Waals surface area contributed by atoms with Crippen molar-refractivity contribution >= 4 is 28.0 Å². The minimum Gasteiger partial charge on any atom is -0.399 e. The monoisotopic (exact) mass is 278 g/mol. The van der Waals surface area contributed by atoms with E-state index in [0.29, 0.717) is 0 Å². The van der Waals surface area contributed by atoms with Crippen LogP contribution in [0.1, 0.15) is 0 Å². The highest BCUT2D eigenvalue weighted by atomic mass is 14.8. The summed E-state index contributed by atoms with van der Waals surface area (Å²) in [5, 5.41) is 7.41. The van der Waals surface area contributed by atoms with Crippen molar-refractivity contribution in [3.63, 3.8) is 0 Å². The first-order valence-electron chi connectivity index (χ1n) is 6.87. The molecule has 4 N–H and O–H groups in total. The molecule has 4 nitrogen and oxygen atoms in total. The highest BCUT2D eigenvalue weighted by Gasteiger charge is 2.07. The van der Waals surface area contributed by atoms with Crippen molar-refractivity contribution in [2.75, 3.05) is 30.5 Å². The van der Waals surface area contributed by atoms with Crippen LogP contribution in [0, 0.1) is 0 Å². The predicted octanol–water partition coefficient (Wildman–Crippen LogP) is 3.57. The van der Waals surface area contributed by atoms with Crippen LogP contribution in [0.25, 0.3) is 22.2 Å². The summed E-state index contributed by atoms with van der Waals surface area (Å²) in [7, 11) is 3.82. The van der Waals surface area contributed by atoms with Gasteiger partial charge in [-0.15, -0.1) is 0 Å². The summed E-state index contributed by atoms with van der Waals surface area (Å²) in [4.78, 5) is 4.75. The van der Waals surface area contributed by atoms with Gasteiger partial charge in [-0.3, -0.25) is 0 Å². The molecule has 1 heterocycles. The third kappa shape index (κ3) is 2.48. The number of hydrogen-bond donors (Lipinski definition) is 3. The van der Waals surface area contributed by atoms with Gasteiger partial charge in [0.25, 0.3) is 0 Å². The van der Waals surface area contributed by atoms with E-state index in [1.807, 2.05) is 44.4 Å². The van der Waals surface area contributed by atoms with Crippen LogP contribution in [0.3, 0.4) is 0 Å². The van der Waals surface area contributed by atoms with E-state index < -0.39 is 0 Å². The molecule has 4 heteroatoms. The molecule has 0 unspecified atom stereocenters. The Kier molecular flexibility index (Phi) is 3.36. The second-order valence-corrected chi connectivity index (χ2v) is 4.91. The number of rotatable bonds is 3. The molecule has 106 valence electrons. The van der Waals surface area contributed by atoms with Crippen LogP contribution in [-0.2, 0) is 0 Å². The smallest absolute Gasteiger partial charge is 0.0731 e. The molecule has 1 aromatic heterocycles. The molecule has 0 bridgehead atoms. The van der Waals surface area contributed by atoms with Gasteiger partial charge in [-0.05, 0) is 36.4 Å². The molecular formula is C17H18N4. The molecule has 0 aliphatic carbocycles. The Labute approximate surface area is 124 Å². The Morgan fingerprint density at radius 2 is 1.81 bits per heavy atom. The molecular weight excluding hydrogens is 260 g/mol. The predicted molar refractivity (Wildman–Crippen MR) is 90.7 cm³/mol. The van der Waals surface area contributed by atoms with Gasteiger partial charge in [0.15, 0.2) is 0 Å². The number of hydrogen-bond acceptors (Lipinski definition) is 4. The number of pyridine rings is 1. The fraction of sp³-hybridized carbons (Fsp3) is 0.118. The standard InChI is InChI=1S/C17H18N4/c1-19-13-5-3-4-11(8-13)16-10-17(20-2)14-9-12(18)6-7-15(14)21-16/h3-10,19H,18H2,1-2H3,(H,20,21). The Bertz CT molecular complexity index is 796. The SMILES string of the molecule is CNc1cccc(-c2cc(NC)c3cc(N)ccc3n2)c1. The average Bonchev–Trinajstić information content (AvgIpc) is 2.54. The first-order valence-corrected chi connectivity index (χ1v) is 6.87. The third-order valence-corrected chi connectivity index (χ3v) is 3.55. The van der Waals surface area contributed by atoms with Crippen molar-refractivity contribution in [2.45, 2.75) is 0 Å². The second kappa shape index (κ2) is 5.32. The van der Waals surface area contributed by atoms with Crippen LogP contribution in [0.4, 0.5) is 17.1 Å². The lowest BCUT2D eigenvalue weighted by atomic mass is 10.1. The van der Waals surface area contributed by atoms with E-state index in [0.717, 1.165) is 39.2 Å². The van der Waals surface area contributed by atoms with Gasteiger partial charge in [-0.1, -0.05) is 12.1 Å². The van der Waals surface area contributed by atoms with Crippen LogP contribution in [0.2, 0.25) is 0 Å². The van der Waals surface area contributed by atoms with E-state index >= 15 is 0 Å². The highest BCUT2D eigenvalue weighted by Crippen LogP contribution is 2.30. The number of fused-ring (bicyclic) bond motifs is 1. The Hall–Kier alpha value is -2.75. The average molecular weight is 278 g/mol. The van der Waals surface area contributed by atoms with E-state index in [-0.39, 0.29) is 0 Å². The normalized spacial score (nSPS) is 10.6. The number of aromatic nitrogens is 1. The van der Waals surface area contributed by atoms with Crippen molar-refractivity contribution in [1.29, 1.82) is 0 Å². The van der Waals surface area contributed by atoms with E-state index in [9.17, 15) is 0 Å². The van der Waals surface area contributed by atoms with Crippen molar-refractivity contribution in [3.8, 4) is 11.3 Å². The van der Waals surface area contributed by atoms with Crippen molar-refractivity contribution in [3.05, 3.63) is 48.5 Å². The molecule has 0 radical (unpaired) electrons. The van der Waals surface area contributed by atoms with Crippen LogP contribution in [-0.4, -0.2) is 19.1 Å². The van der Waals surface area contributed by atoms with Gasteiger partial charge < -0.3 is 16.4 Å². The van der Waals surface area contributed by atoms with Gasteiger partial charge in [-0.2, -0.15) is 0 Å². The van der Waals surface area contributed by atoms with Crippen molar-refractivity contribution in [2.24, 2.45) is 0 Å². The maximum Gasteiger partial charge on any atom is 0.0731 e. The number of nitrogen functional groups attached to an aromatic ring is 1. The molecule has 0 saturated heterocycles. The zero-order valence-electron chi connectivity index (χ0n) is 12.1. The van der Waals surface area contributed by atoms with Gasteiger partial charge in [0.05, 0.1) is 11.2 Å². The van der Waals surface area contributed by atoms with Gasteiger partial charge in [0.2, 0.25) is 0 Å². The zero-order chi connectivity index (χ0) is 14.8. The lowest BCUT2D eigenvalue weighted by molar-refractivity contribution is 1.38. The maximum atomic E-state index is 5.87. The summed E-state index contributed by atoms with van der Waals surface area (Å²) < 4.78 is 0. The fourth-order valence-electron chi connectivity index (χ4n) is 2.43. The molecule has 21 heavy (non-hydrogen) atoms. The lowest BCUT2D eigenvalue weighted by Crippen LogP contribution is -1.96. The van der Waals surface area contributed by atoms with Crippen molar-refractivity contribution in [1.82, 2.24) is 4.98 Å². The van der Waals surface area contributed by atoms with E-state index in [1.54, 1.807) is 0 Å². The van der Waals surface area contributed by atoms with Gasteiger partial charge in [-0.25, -0.2) is 4.98 Å². The van der Waals surface area contributed by atoms with Crippen molar-refractivity contribution < 1.29 is 0 Å². The number of nitrogens with two attached hydrogens (primary N) is 1. The molecule has 3 aromatic rings. The number of nitrogens with one attached hydrogen (secondary N) is 2. The van der Waals surface area contributed by atoms with E-state index in [2.05, 4.69) is 28.8 Å². The maximum absolute atomic E-state index is 5.87. The van der Waals surface area contributed by atoms with E-state index in [1.165, 1.54) is 0 Å². The Balaban J connectivity index is 2.21. The van der Waals surface area contributed by atoms with Crippen LogP contribution >= 0.6 is 0 Å². The molecule has 0 amide bonds. The third-order valence-electron chi connectivity index (χ3n) is 3.55. The first-order chi connectivity index (χ1) is 10.2. The zero-order valence-corrected chi connectivity index (χ0v) is 12.1. The fourth-order valence-corrected chi connectivity index (χ4v) is 2.43. The molecule has 3 rings (SSSR count). The highest BCUT2D eigenvalue weighted by molar-refractivity contribution is 5.95. The van der Waals surface area contributed by atoms with Crippen LogP contribution < -0.4 is 16.4 Å². The summed E-state index contributed by atoms with van der Waals surface area (Å²) in [6, 6.07) is 16.0. The van der Waals surface area contributed by atoms with Gasteiger partial charge in [0.1, 0.15) is 0 Å². The van der Waals surface area contributed by atoms with E-state index in [4.69, 9.17) is 10.7 Å². The summed E-state index contributed by atoms with van der Waals surface area (Å²) in [6.07, 6.45) is 0. The quantitative estimate of drug-likeness (QED) is 0.641. The minimum absolute atomic E-state index is 0.741. The summed E-state index contributed by atoms with van der Waals surface area (Å²) in [5.41, 5.74) is 11.7. The molecule has 0 atom stereocenters. The van der Waals surface area contributed by atoms with Crippen LogP contribution in [0.15, 0.2) is 48.5 Å². The minimum atomic E-state index is 0.741. The summed E-state index contributed by atoms with van der Waals surface area (Å²) in [6.45, 7) is 0. The number of benzene rings is 2. The van der Waals surface area contributed by atoms with Crippen LogP contribution in [0.5, 0.6) is 0 Å². The van der Waals surface area contributed by atoms with Gasteiger partial charge in [0, 0.05) is 42.1 Å². The number of nitrogens with zero attached hydrogens (tertiary/aromatic N) is 1. The lowest BCUT2D eigenvalue weighted by Gasteiger charge is -2.11. The molecule has 0 spiro atoms. The molecule has 0 fully saturated rings. The summed E-state index contributed by atoms with van der Waals surface area (Å²) in [5.74, 6) is 0. The number of anilines is 3. The first kappa shape index (κ1) is 13.2. The molecule has 0 saturated carbocycles. The molecule has 0 aliphatic rings. The van der Waals surface area contributed by atoms with Gasteiger partial charge >= 0.3 is 0 Å². The Morgan fingerprint density at radius 1 is 0.952 bits per heavy atom. The largest absolute Gasteiger partial charge is 0.399 e. The molecule has 0 aliphatic heterocycles.